The van der Waals surface area contributed by atoms with E-state index in [1.165, 1.54) is 0 Å². The summed E-state index contributed by atoms with van der Waals surface area (Å²) in [5.41, 5.74) is 0. The molecule has 0 fully saturated rings. The van der Waals surface area contributed by atoms with E-state index in [-0.39, 0.29) is 18.6 Å². The molecule has 0 aliphatic rings. The van der Waals surface area contributed by atoms with Crippen LogP contribution in [0.3, 0.4) is 0 Å². The number of carbonyl (C=O) groups is 1. The van der Waals surface area contributed by atoms with E-state index in [2.05, 4.69) is 19.2 Å². The van der Waals surface area contributed by atoms with Gasteiger partial charge in [0, 0.05) is 12.2 Å². The molecule has 1 amide bonds. The van der Waals surface area contributed by atoms with Crippen LogP contribution in [0.5, 0.6) is 0 Å². The van der Waals surface area contributed by atoms with E-state index in [0.717, 1.165) is 12.2 Å². The summed E-state index contributed by atoms with van der Waals surface area (Å²) in [7, 11) is 0. The van der Waals surface area contributed by atoms with Gasteiger partial charge in [0.2, 0.25) is 5.91 Å². The quantitative estimate of drug-likeness (QED) is 0.678. The molecule has 0 aliphatic carbocycles. The van der Waals surface area contributed by atoms with Crippen molar-refractivity contribution >= 4 is 17.7 Å². The zero-order valence-corrected chi connectivity index (χ0v) is 10.1. The second-order valence-electron chi connectivity index (χ2n) is 3.82. The first-order valence-corrected chi connectivity index (χ1v) is 6.38. The molecule has 2 N–H and O–H groups in total. The molecule has 0 rings (SSSR count). The minimum atomic E-state index is -0.0793. The van der Waals surface area contributed by atoms with Gasteiger partial charge >= 0.3 is 0 Å². The average molecular weight is 219 g/mol. The highest BCUT2D eigenvalue weighted by Gasteiger charge is 2.12. The molecule has 84 valence electrons. The first kappa shape index (κ1) is 13.8. The molecule has 0 saturated heterocycles. The summed E-state index contributed by atoms with van der Waals surface area (Å²) in [6, 6.07) is -0.0793. The standard InChI is InChI=1S/C10H21NO2S/c1-8(2)6-9(7-12)11-10(13)4-5-14-3/h8-9,12H,4-7H2,1-3H3,(H,11,13). The summed E-state index contributed by atoms with van der Waals surface area (Å²) in [6.07, 6.45) is 3.35. The number of amides is 1. The van der Waals surface area contributed by atoms with Gasteiger partial charge in [-0.25, -0.2) is 0 Å². The van der Waals surface area contributed by atoms with E-state index in [9.17, 15) is 4.79 Å². The van der Waals surface area contributed by atoms with Crippen LogP contribution < -0.4 is 5.32 Å². The average Bonchev–Trinajstić information content (AvgIpc) is 2.12. The third kappa shape index (κ3) is 7.21. The van der Waals surface area contributed by atoms with Crippen LogP contribution in [-0.2, 0) is 4.79 Å². The summed E-state index contributed by atoms with van der Waals surface area (Å²) in [5.74, 6) is 1.37. The van der Waals surface area contributed by atoms with Crippen molar-refractivity contribution < 1.29 is 9.90 Å². The lowest BCUT2D eigenvalue weighted by Crippen LogP contribution is -2.38. The van der Waals surface area contributed by atoms with Gasteiger partial charge in [-0.1, -0.05) is 13.8 Å². The number of nitrogens with one attached hydrogen (secondary N) is 1. The van der Waals surface area contributed by atoms with E-state index >= 15 is 0 Å². The molecule has 3 nitrogen and oxygen atoms in total. The van der Waals surface area contributed by atoms with Crippen LogP contribution in [0.25, 0.3) is 0 Å². The van der Waals surface area contributed by atoms with Crippen molar-refractivity contribution in [1.29, 1.82) is 0 Å². The maximum atomic E-state index is 11.3. The van der Waals surface area contributed by atoms with E-state index in [1.54, 1.807) is 11.8 Å². The molecule has 1 unspecified atom stereocenters. The monoisotopic (exact) mass is 219 g/mol. The Morgan fingerprint density at radius 3 is 2.57 bits per heavy atom. The third-order valence-corrected chi connectivity index (χ3v) is 2.49. The molecule has 0 radical (unpaired) electrons. The molecule has 1 atom stereocenters. The number of hydrogen-bond donors (Lipinski definition) is 2. The first-order chi connectivity index (χ1) is 6.60. The second-order valence-corrected chi connectivity index (χ2v) is 4.80. The molecule has 0 aromatic carbocycles. The van der Waals surface area contributed by atoms with Crippen molar-refractivity contribution in [3.8, 4) is 0 Å². The van der Waals surface area contributed by atoms with Gasteiger partial charge in [0.1, 0.15) is 0 Å². The maximum Gasteiger partial charge on any atom is 0.221 e. The Morgan fingerprint density at radius 2 is 2.14 bits per heavy atom. The fourth-order valence-corrected chi connectivity index (χ4v) is 1.63. The predicted octanol–water partition coefficient (Wildman–Crippen LogP) is 1.26. The van der Waals surface area contributed by atoms with E-state index < -0.39 is 0 Å². The Labute approximate surface area is 90.7 Å². The molecule has 0 saturated carbocycles. The molecule has 0 aromatic rings. The van der Waals surface area contributed by atoms with Crippen molar-refractivity contribution in [2.24, 2.45) is 5.92 Å². The lowest BCUT2D eigenvalue weighted by Gasteiger charge is -2.17. The van der Waals surface area contributed by atoms with Gasteiger partial charge in [0.25, 0.3) is 0 Å². The van der Waals surface area contributed by atoms with Gasteiger partial charge in [-0.3, -0.25) is 4.79 Å². The fraction of sp³-hybridized carbons (Fsp3) is 0.900. The molecular formula is C10H21NO2S. The molecule has 0 aromatic heterocycles. The largest absolute Gasteiger partial charge is 0.394 e. The summed E-state index contributed by atoms with van der Waals surface area (Å²) in [6.45, 7) is 4.19. The number of hydrogen-bond acceptors (Lipinski definition) is 3. The van der Waals surface area contributed by atoms with Crippen molar-refractivity contribution in [1.82, 2.24) is 5.32 Å². The van der Waals surface area contributed by atoms with Crippen LogP contribution in [0.1, 0.15) is 26.7 Å². The van der Waals surface area contributed by atoms with Crippen LogP contribution in [0, 0.1) is 5.92 Å². The van der Waals surface area contributed by atoms with Crippen LogP contribution in [0.4, 0.5) is 0 Å². The van der Waals surface area contributed by atoms with Crippen molar-refractivity contribution in [3.63, 3.8) is 0 Å². The van der Waals surface area contributed by atoms with Gasteiger partial charge in [-0.2, -0.15) is 11.8 Å². The molecule has 0 bridgehead atoms. The normalized spacial score (nSPS) is 12.9. The van der Waals surface area contributed by atoms with Gasteiger partial charge in [0.05, 0.1) is 12.6 Å². The van der Waals surface area contributed by atoms with Gasteiger partial charge in [0.15, 0.2) is 0 Å². The maximum absolute atomic E-state index is 11.3. The van der Waals surface area contributed by atoms with Crippen molar-refractivity contribution in [3.05, 3.63) is 0 Å². The third-order valence-electron chi connectivity index (χ3n) is 1.87. The Bertz CT molecular complexity index is 162. The minimum Gasteiger partial charge on any atom is -0.394 e. The minimum absolute atomic E-state index is 0.0309. The van der Waals surface area contributed by atoms with E-state index in [0.29, 0.717) is 12.3 Å². The Morgan fingerprint density at radius 1 is 1.50 bits per heavy atom. The zero-order valence-electron chi connectivity index (χ0n) is 9.25. The van der Waals surface area contributed by atoms with Crippen molar-refractivity contribution in [2.75, 3.05) is 18.6 Å². The van der Waals surface area contributed by atoms with E-state index in [4.69, 9.17) is 5.11 Å². The van der Waals surface area contributed by atoms with Crippen LogP contribution in [-0.4, -0.2) is 35.7 Å². The molecular weight excluding hydrogens is 198 g/mol. The second kappa shape index (κ2) is 8.12. The Kier molecular flexibility index (Phi) is 7.99. The fourth-order valence-electron chi connectivity index (χ4n) is 1.24. The Hall–Kier alpha value is -0.220. The topological polar surface area (TPSA) is 49.3 Å². The van der Waals surface area contributed by atoms with Gasteiger partial charge < -0.3 is 10.4 Å². The highest BCUT2D eigenvalue weighted by molar-refractivity contribution is 7.98. The molecule has 0 aliphatic heterocycles. The van der Waals surface area contributed by atoms with Gasteiger partial charge in [-0.05, 0) is 18.6 Å². The Balaban J connectivity index is 3.74. The lowest BCUT2D eigenvalue weighted by atomic mass is 10.0. The number of aliphatic hydroxyl groups excluding tert-OH is 1. The molecule has 14 heavy (non-hydrogen) atoms. The van der Waals surface area contributed by atoms with Crippen LogP contribution >= 0.6 is 11.8 Å². The highest BCUT2D eigenvalue weighted by atomic mass is 32.2. The number of aliphatic hydroxyl groups is 1. The molecule has 4 heteroatoms. The SMILES string of the molecule is CSCCC(=O)NC(CO)CC(C)C. The van der Waals surface area contributed by atoms with Crippen LogP contribution in [0.15, 0.2) is 0 Å². The van der Waals surface area contributed by atoms with Crippen LogP contribution in [0.2, 0.25) is 0 Å². The highest BCUT2D eigenvalue weighted by Crippen LogP contribution is 2.04. The predicted molar refractivity (Wildman–Crippen MR) is 61.5 cm³/mol. The summed E-state index contributed by atoms with van der Waals surface area (Å²) in [5, 5.41) is 11.9. The summed E-state index contributed by atoms with van der Waals surface area (Å²) < 4.78 is 0. The summed E-state index contributed by atoms with van der Waals surface area (Å²) >= 11 is 1.66. The lowest BCUT2D eigenvalue weighted by molar-refractivity contribution is -0.121. The van der Waals surface area contributed by atoms with Gasteiger partial charge in [-0.15, -0.1) is 0 Å². The van der Waals surface area contributed by atoms with Crippen molar-refractivity contribution in [2.45, 2.75) is 32.7 Å². The zero-order chi connectivity index (χ0) is 11.0. The first-order valence-electron chi connectivity index (χ1n) is 4.99. The van der Waals surface area contributed by atoms with E-state index in [1.807, 2.05) is 6.26 Å². The molecule has 0 heterocycles. The summed E-state index contributed by atoms with van der Waals surface area (Å²) in [4.78, 5) is 11.3. The molecule has 0 spiro atoms. The number of carbonyl (C=O) groups excluding carboxylic acids is 1. The number of thioether (sulfide) groups is 1. The smallest absolute Gasteiger partial charge is 0.221 e. The number of rotatable bonds is 7.